The smallest absolute Gasteiger partial charge is 0.338 e. The number of esters is 1. The van der Waals surface area contributed by atoms with Gasteiger partial charge in [-0.05, 0) is 36.4 Å². The second kappa shape index (κ2) is 8.03. The summed E-state index contributed by atoms with van der Waals surface area (Å²) >= 11 is 5.83. The van der Waals surface area contributed by atoms with Crippen molar-refractivity contribution in [1.82, 2.24) is 0 Å². The first-order valence-electron chi connectivity index (χ1n) is 6.97. The Morgan fingerprint density at radius 3 is 2.58 bits per heavy atom. The van der Waals surface area contributed by atoms with Crippen molar-refractivity contribution in [3.63, 3.8) is 0 Å². The third kappa shape index (κ3) is 6.10. The van der Waals surface area contributed by atoms with Crippen molar-refractivity contribution < 1.29 is 22.7 Å². The molecule has 2 aromatic rings. The lowest BCUT2D eigenvalue weighted by molar-refractivity contribution is 0.0450. The van der Waals surface area contributed by atoms with Crippen LogP contribution < -0.4 is 9.46 Å². The lowest BCUT2D eigenvalue weighted by Crippen LogP contribution is -2.13. The molecule has 1 N–H and O–H groups in total. The Morgan fingerprint density at radius 1 is 1.12 bits per heavy atom. The number of rotatable bonds is 7. The predicted molar refractivity (Wildman–Crippen MR) is 92.1 cm³/mol. The Labute approximate surface area is 145 Å². The summed E-state index contributed by atoms with van der Waals surface area (Å²) in [4.78, 5) is 12.0. The van der Waals surface area contributed by atoms with Crippen LogP contribution in [-0.2, 0) is 14.8 Å². The van der Waals surface area contributed by atoms with Gasteiger partial charge in [0.1, 0.15) is 19.0 Å². The van der Waals surface area contributed by atoms with Crippen LogP contribution >= 0.6 is 11.6 Å². The van der Waals surface area contributed by atoms with Crippen molar-refractivity contribution in [2.75, 3.05) is 24.2 Å². The topological polar surface area (TPSA) is 81.7 Å². The zero-order chi connectivity index (χ0) is 17.6. The predicted octanol–water partition coefficient (Wildman–Crippen LogP) is 2.95. The molecule has 0 aliphatic heterocycles. The highest BCUT2D eigenvalue weighted by Gasteiger charge is 2.09. The molecule has 0 saturated carbocycles. The van der Waals surface area contributed by atoms with E-state index in [4.69, 9.17) is 21.1 Å². The monoisotopic (exact) mass is 369 g/mol. The van der Waals surface area contributed by atoms with E-state index in [-0.39, 0.29) is 18.8 Å². The molecule has 0 aliphatic rings. The largest absolute Gasteiger partial charge is 0.490 e. The fourth-order valence-corrected chi connectivity index (χ4v) is 2.59. The fraction of sp³-hybridized carbons (Fsp3) is 0.188. The zero-order valence-corrected chi connectivity index (χ0v) is 14.4. The molecule has 24 heavy (non-hydrogen) atoms. The van der Waals surface area contributed by atoms with Crippen LogP contribution in [0.25, 0.3) is 0 Å². The first-order valence-corrected chi connectivity index (χ1v) is 9.24. The number of carbonyl (C=O) groups excluding carboxylic acids is 1. The molecule has 0 amide bonds. The molecule has 6 nitrogen and oxygen atoms in total. The van der Waals surface area contributed by atoms with Gasteiger partial charge in [0.25, 0.3) is 0 Å². The van der Waals surface area contributed by atoms with Crippen molar-refractivity contribution in [1.29, 1.82) is 0 Å². The van der Waals surface area contributed by atoms with E-state index >= 15 is 0 Å². The van der Waals surface area contributed by atoms with E-state index < -0.39 is 16.0 Å². The van der Waals surface area contributed by atoms with Crippen LogP contribution in [0.1, 0.15) is 10.4 Å². The normalized spacial score (nSPS) is 10.9. The van der Waals surface area contributed by atoms with E-state index in [2.05, 4.69) is 4.72 Å². The third-order valence-corrected chi connectivity index (χ3v) is 3.62. The highest BCUT2D eigenvalue weighted by atomic mass is 35.5. The van der Waals surface area contributed by atoms with Crippen LogP contribution in [0.5, 0.6) is 5.75 Å². The quantitative estimate of drug-likeness (QED) is 0.599. The lowest BCUT2D eigenvalue weighted by Gasteiger charge is -2.09. The second-order valence-electron chi connectivity index (χ2n) is 4.90. The van der Waals surface area contributed by atoms with Gasteiger partial charge in [-0.2, -0.15) is 0 Å². The fourth-order valence-electron chi connectivity index (χ4n) is 1.86. The molecule has 0 heterocycles. The highest BCUT2D eigenvalue weighted by Crippen LogP contribution is 2.17. The Balaban J connectivity index is 1.85. The number of benzene rings is 2. The summed E-state index contributed by atoms with van der Waals surface area (Å²) in [6.45, 7) is 0.225. The van der Waals surface area contributed by atoms with Crippen molar-refractivity contribution in [3.05, 3.63) is 59.1 Å². The van der Waals surface area contributed by atoms with Gasteiger partial charge in [-0.1, -0.05) is 23.7 Å². The van der Waals surface area contributed by atoms with Gasteiger partial charge in [-0.25, -0.2) is 13.2 Å². The first kappa shape index (κ1) is 18.1. The Morgan fingerprint density at radius 2 is 1.88 bits per heavy atom. The van der Waals surface area contributed by atoms with E-state index in [9.17, 15) is 13.2 Å². The maximum Gasteiger partial charge on any atom is 0.338 e. The minimum Gasteiger partial charge on any atom is -0.490 e. The van der Waals surface area contributed by atoms with Gasteiger partial charge in [-0.15, -0.1) is 0 Å². The number of nitrogens with one attached hydrogen (secondary N) is 1. The lowest BCUT2D eigenvalue weighted by atomic mass is 10.2. The molecular weight excluding hydrogens is 354 g/mol. The average Bonchev–Trinajstić information content (AvgIpc) is 2.50. The number of hydrogen-bond acceptors (Lipinski definition) is 5. The van der Waals surface area contributed by atoms with E-state index in [0.29, 0.717) is 16.5 Å². The molecule has 0 aromatic heterocycles. The molecular formula is C16H16ClNO5S. The number of sulfonamides is 1. The highest BCUT2D eigenvalue weighted by molar-refractivity contribution is 7.92. The maximum absolute atomic E-state index is 12.0. The van der Waals surface area contributed by atoms with Crippen molar-refractivity contribution in [2.24, 2.45) is 0 Å². The van der Waals surface area contributed by atoms with Gasteiger partial charge in [0.2, 0.25) is 10.0 Å². The molecule has 2 aromatic carbocycles. The molecule has 0 spiro atoms. The molecule has 0 unspecified atom stereocenters. The maximum atomic E-state index is 12.0. The summed E-state index contributed by atoms with van der Waals surface area (Å²) in [5.41, 5.74) is 0.536. The molecule has 2 rings (SSSR count). The number of halogens is 1. The summed E-state index contributed by atoms with van der Waals surface area (Å²) in [6, 6.07) is 12.9. The summed E-state index contributed by atoms with van der Waals surface area (Å²) in [7, 11) is -3.41. The van der Waals surface area contributed by atoms with Crippen LogP contribution in [0, 0.1) is 0 Å². The zero-order valence-electron chi connectivity index (χ0n) is 12.9. The Bertz CT molecular complexity index is 823. The van der Waals surface area contributed by atoms with E-state index in [0.717, 1.165) is 6.26 Å². The second-order valence-corrected chi connectivity index (χ2v) is 7.08. The van der Waals surface area contributed by atoms with Gasteiger partial charge in [0.05, 0.1) is 11.8 Å². The van der Waals surface area contributed by atoms with Crippen molar-refractivity contribution >= 4 is 33.3 Å². The number of anilines is 1. The molecule has 0 aliphatic carbocycles. The Kier molecular flexibility index (Phi) is 6.05. The number of ether oxygens (including phenoxy) is 2. The minimum absolute atomic E-state index is 0.0507. The van der Waals surface area contributed by atoms with E-state index in [1.54, 1.807) is 36.4 Å². The molecule has 8 heteroatoms. The summed E-state index contributed by atoms with van der Waals surface area (Å²) in [5, 5.41) is 0.555. The molecule has 0 fully saturated rings. The van der Waals surface area contributed by atoms with Crippen LogP contribution in [0.3, 0.4) is 0 Å². The SMILES string of the molecule is CS(=O)(=O)Nc1cccc(C(=O)OCCOc2cccc(Cl)c2)c1. The van der Waals surface area contributed by atoms with Crippen molar-refractivity contribution in [3.8, 4) is 5.75 Å². The van der Waals surface area contributed by atoms with Gasteiger partial charge in [0, 0.05) is 10.7 Å². The van der Waals surface area contributed by atoms with Crippen LogP contribution in [0.2, 0.25) is 5.02 Å². The van der Waals surface area contributed by atoms with E-state index in [1.807, 2.05) is 0 Å². The average molecular weight is 370 g/mol. The molecule has 0 atom stereocenters. The Hall–Kier alpha value is -2.25. The van der Waals surface area contributed by atoms with Crippen LogP contribution in [-0.4, -0.2) is 33.9 Å². The van der Waals surface area contributed by atoms with Gasteiger partial charge in [-0.3, -0.25) is 4.72 Å². The van der Waals surface area contributed by atoms with Gasteiger partial charge < -0.3 is 9.47 Å². The van der Waals surface area contributed by atoms with Gasteiger partial charge in [0.15, 0.2) is 0 Å². The summed E-state index contributed by atoms with van der Waals surface area (Å²) in [6.07, 6.45) is 1.03. The summed E-state index contributed by atoms with van der Waals surface area (Å²) < 4.78 is 35.2. The first-order chi connectivity index (χ1) is 11.3. The molecule has 128 valence electrons. The molecule has 0 radical (unpaired) electrons. The molecule has 0 bridgehead atoms. The van der Waals surface area contributed by atoms with Crippen molar-refractivity contribution in [2.45, 2.75) is 0 Å². The minimum atomic E-state index is -3.41. The van der Waals surface area contributed by atoms with Gasteiger partial charge >= 0.3 is 5.97 Å². The number of hydrogen-bond donors (Lipinski definition) is 1. The standard InChI is InChI=1S/C16H16ClNO5S/c1-24(20,21)18-14-6-2-4-12(10-14)16(19)23-9-8-22-15-7-3-5-13(17)11-15/h2-7,10-11,18H,8-9H2,1H3. The third-order valence-electron chi connectivity index (χ3n) is 2.78. The summed E-state index contributed by atoms with van der Waals surface area (Å²) in [5.74, 6) is 0.0137. The van der Waals surface area contributed by atoms with Crippen LogP contribution in [0.15, 0.2) is 48.5 Å². The van der Waals surface area contributed by atoms with E-state index in [1.165, 1.54) is 12.1 Å². The number of carbonyl (C=O) groups is 1. The molecule has 0 saturated heterocycles. The van der Waals surface area contributed by atoms with Crippen LogP contribution in [0.4, 0.5) is 5.69 Å².